The van der Waals surface area contributed by atoms with Crippen LogP contribution in [0.1, 0.15) is 10.4 Å². The molecular formula is C11H12Cl2O4S2. The van der Waals surface area contributed by atoms with Crippen molar-refractivity contribution in [3.8, 4) is 0 Å². The maximum Gasteiger partial charge on any atom is 0.176 e. The van der Waals surface area contributed by atoms with Gasteiger partial charge >= 0.3 is 0 Å². The van der Waals surface area contributed by atoms with E-state index < -0.39 is 26.4 Å². The van der Waals surface area contributed by atoms with Crippen LogP contribution in [0, 0.1) is 0 Å². The van der Waals surface area contributed by atoms with Gasteiger partial charge in [-0.25, -0.2) is 8.42 Å². The van der Waals surface area contributed by atoms with Gasteiger partial charge in [0.25, 0.3) is 0 Å². The zero-order valence-electron chi connectivity index (χ0n) is 10.1. The van der Waals surface area contributed by atoms with Crippen LogP contribution < -0.4 is 0 Å². The first-order chi connectivity index (χ1) is 8.69. The molecule has 0 saturated carbocycles. The second kappa shape index (κ2) is 6.83. The predicted octanol–water partition coefficient (Wildman–Crippen LogP) is 1.97. The maximum absolute atomic E-state index is 11.8. The van der Waals surface area contributed by atoms with Gasteiger partial charge in [0.15, 0.2) is 5.78 Å². The zero-order chi connectivity index (χ0) is 14.6. The molecule has 0 amide bonds. The molecule has 8 heteroatoms. The van der Waals surface area contributed by atoms with E-state index in [1.54, 1.807) is 0 Å². The lowest BCUT2D eigenvalue weighted by molar-refractivity contribution is 0.102. The molecular weight excluding hydrogens is 331 g/mol. The molecule has 0 radical (unpaired) electrons. The highest BCUT2D eigenvalue weighted by molar-refractivity contribution is 7.92. The number of carbonyl (C=O) groups is 1. The summed E-state index contributed by atoms with van der Waals surface area (Å²) in [6.07, 6.45) is 1.06. The minimum Gasteiger partial charge on any atom is -0.293 e. The molecule has 0 heterocycles. The highest BCUT2D eigenvalue weighted by Crippen LogP contribution is 2.21. The topological polar surface area (TPSA) is 68.3 Å². The Hall–Kier alpha value is -0.430. The SMILES string of the molecule is CS(=O)(=O)CCS(=O)CC(=O)c1ccc(Cl)cc1Cl. The number of hydrogen-bond donors (Lipinski definition) is 0. The van der Waals surface area contributed by atoms with Gasteiger partial charge in [0.2, 0.25) is 0 Å². The number of rotatable bonds is 6. The van der Waals surface area contributed by atoms with E-state index in [9.17, 15) is 17.4 Å². The van der Waals surface area contributed by atoms with Gasteiger partial charge < -0.3 is 0 Å². The summed E-state index contributed by atoms with van der Waals surface area (Å²) in [4.78, 5) is 11.8. The Kier molecular flexibility index (Phi) is 5.98. The predicted molar refractivity (Wildman–Crippen MR) is 78.4 cm³/mol. The number of Topliss-reactive ketones (excluding diaryl/α,β-unsaturated/α-hetero) is 1. The normalized spacial score (nSPS) is 13.2. The summed E-state index contributed by atoms with van der Waals surface area (Å²) in [6.45, 7) is 0. The Balaban J connectivity index is 2.67. The van der Waals surface area contributed by atoms with E-state index in [0.717, 1.165) is 6.26 Å². The zero-order valence-corrected chi connectivity index (χ0v) is 13.2. The lowest BCUT2D eigenvalue weighted by Crippen LogP contribution is -2.18. The molecule has 0 aliphatic rings. The van der Waals surface area contributed by atoms with Gasteiger partial charge in [0.1, 0.15) is 9.84 Å². The fourth-order valence-corrected chi connectivity index (χ4v) is 4.32. The number of carbonyl (C=O) groups excluding carboxylic acids is 1. The summed E-state index contributed by atoms with van der Waals surface area (Å²) in [7, 11) is -4.71. The van der Waals surface area contributed by atoms with E-state index in [-0.39, 0.29) is 27.8 Å². The van der Waals surface area contributed by atoms with E-state index in [4.69, 9.17) is 23.2 Å². The van der Waals surface area contributed by atoms with Crippen LogP contribution in [0.25, 0.3) is 0 Å². The highest BCUT2D eigenvalue weighted by atomic mass is 35.5. The average Bonchev–Trinajstić information content (AvgIpc) is 2.25. The standard InChI is InChI=1S/C11H12Cl2O4S2/c1-19(16,17)5-4-18(15)7-11(14)9-3-2-8(12)6-10(9)13/h2-3,6H,4-5,7H2,1H3. The van der Waals surface area contributed by atoms with Gasteiger partial charge in [-0.3, -0.25) is 9.00 Å². The van der Waals surface area contributed by atoms with Crippen molar-refractivity contribution in [2.45, 2.75) is 0 Å². The second-order valence-electron chi connectivity index (χ2n) is 3.97. The summed E-state index contributed by atoms with van der Waals surface area (Å²) in [5, 5.41) is 0.595. The average molecular weight is 343 g/mol. The minimum atomic E-state index is -3.18. The van der Waals surface area contributed by atoms with Crippen molar-refractivity contribution >= 4 is 49.6 Å². The molecule has 0 aliphatic carbocycles. The van der Waals surface area contributed by atoms with Crippen molar-refractivity contribution in [1.29, 1.82) is 0 Å². The molecule has 0 N–H and O–H groups in total. The molecule has 1 aromatic carbocycles. The minimum absolute atomic E-state index is 0.0597. The first-order valence-electron chi connectivity index (χ1n) is 5.20. The van der Waals surface area contributed by atoms with E-state index in [1.807, 2.05) is 0 Å². The van der Waals surface area contributed by atoms with Crippen LogP contribution in [0.2, 0.25) is 10.0 Å². The summed E-state index contributed by atoms with van der Waals surface area (Å²) < 4.78 is 33.5. The monoisotopic (exact) mass is 342 g/mol. The van der Waals surface area contributed by atoms with Crippen molar-refractivity contribution in [3.63, 3.8) is 0 Å². The van der Waals surface area contributed by atoms with E-state index in [1.165, 1.54) is 18.2 Å². The molecule has 0 fully saturated rings. The van der Waals surface area contributed by atoms with Crippen LogP contribution in [0.15, 0.2) is 18.2 Å². The molecule has 1 unspecified atom stereocenters. The summed E-state index contributed by atoms with van der Waals surface area (Å²) in [5.74, 6) is -0.915. The fraction of sp³-hybridized carbons (Fsp3) is 0.364. The molecule has 0 spiro atoms. The number of hydrogen-bond acceptors (Lipinski definition) is 4. The van der Waals surface area contributed by atoms with Crippen LogP contribution in [-0.2, 0) is 20.6 Å². The molecule has 0 saturated heterocycles. The Labute approximate surface area is 124 Å². The van der Waals surface area contributed by atoms with Gasteiger partial charge in [-0.15, -0.1) is 0 Å². The largest absolute Gasteiger partial charge is 0.293 e. The summed E-state index contributed by atoms with van der Waals surface area (Å²) in [6, 6.07) is 4.40. The molecule has 0 aromatic heterocycles. The van der Waals surface area contributed by atoms with Crippen LogP contribution >= 0.6 is 23.2 Å². The lowest BCUT2D eigenvalue weighted by atomic mass is 10.1. The fourth-order valence-electron chi connectivity index (χ4n) is 1.26. The molecule has 19 heavy (non-hydrogen) atoms. The highest BCUT2D eigenvalue weighted by Gasteiger charge is 2.15. The third-order valence-corrected chi connectivity index (χ3v) is 5.20. The second-order valence-corrected chi connectivity index (χ2v) is 8.65. The van der Waals surface area contributed by atoms with Gasteiger partial charge in [0, 0.05) is 33.4 Å². The van der Waals surface area contributed by atoms with Crippen molar-refractivity contribution in [2.24, 2.45) is 0 Å². The van der Waals surface area contributed by atoms with Crippen LogP contribution in [-0.4, -0.2) is 41.9 Å². The third kappa shape index (κ3) is 6.03. The lowest BCUT2D eigenvalue weighted by Gasteiger charge is -2.04. The molecule has 0 bridgehead atoms. The molecule has 1 rings (SSSR count). The molecule has 1 aromatic rings. The first-order valence-corrected chi connectivity index (χ1v) is 9.50. The number of halogens is 2. The summed E-state index contributed by atoms with van der Waals surface area (Å²) >= 11 is 11.6. The van der Waals surface area contributed by atoms with Crippen LogP contribution in [0.5, 0.6) is 0 Å². The number of ketones is 1. The quantitative estimate of drug-likeness (QED) is 0.741. The van der Waals surface area contributed by atoms with Crippen molar-refractivity contribution < 1.29 is 17.4 Å². The van der Waals surface area contributed by atoms with E-state index in [2.05, 4.69) is 0 Å². The van der Waals surface area contributed by atoms with E-state index in [0.29, 0.717) is 5.02 Å². The van der Waals surface area contributed by atoms with Crippen LogP contribution in [0.3, 0.4) is 0 Å². The summed E-state index contributed by atoms with van der Waals surface area (Å²) in [5.41, 5.74) is 0.235. The van der Waals surface area contributed by atoms with Crippen LogP contribution in [0.4, 0.5) is 0 Å². The molecule has 1 atom stereocenters. The van der Waals surface area contributed by atoms with Gasteiger partial charge in [0.05, 0.1) is 16.5 Å². The van der Waals surface area contributed by atoms with Gasteiger partial charge in [-0.1, -0.05) is 23.2 Å². The smallest absolute Gasteiger partial charge is 0.176 e. The molecule has 0 aliphatic heterocycles. The molecule has 4 nitrogen and oxygen atoms in total. The number of sulfone groups is 1. The third-order valence-electron chi connectivity index (χ3n) is 2.21. The first kappa shape index (κ1) is 16.6. The van der Waals surface area contributed by atoms with E-state index >= 15 is 0 Å². The van der Waals surface area contributed by atoms with Crippen molar-refractivity contribution in [3.05, 3.63) is 33.8 Å². The Morgan fingerprint density at radius 2 is 1.95 bits per heavy atom. The Morgan fingerprint density at radius 3 is 2.47 bits per heavy atom. The maximum atomic E-state index is 11.8. The number of benzene rings is 1. The Morgan fingerprint density at radius 1 is 1.32 bits per heavy atom. The molecule has 106 valence electrons. The van der Waals surface area contributed by atoms with Crippen molar-refractivity contribution in [1.82, 2.24) is 0 Å². The Bertz CT molecular complexity index is 611. The van der Waals surface area contributed by atoms with Gasteiger partial charge in [-0.2, -0.15) is 0 Å². The van der Waals surface area contributed by atoms with Gasteiger partial charge in [-0.05, 0) is 18.2 Å². The van der Waals surface area contributed by atoms with Crippen molar-refractivity contribution in [2.75, 3.05) is 23.5 Å².